The first-order valence-electron chi connectivity index (χ1n) is 6.85. The minimum absolute atomic E-state index is 0.731. The van der Waals surface area contributed by atoms with Gasteiger partial charge in [0.1, 0.15) is 0 Å². The number of hydrogen-bond acceptors (Lipinski definition) is 2. The zero-order valence-corrected chi connectivity index (χ0v) is 11.5. The quantitative estimate of drug-likeness (QED) is 0.666. The standard InChI is InChI=1S/C16H17N3O/c1-2-7-18-12-17-8-14(18)10-19-9-13(11-20)15-5-3-4-6-16(15)19/h3-6,8-9,11-12H,2,7,10H2,1H3. The predicted octanol–water partition coefficient (Wildman–Crippen LogP) is 3.11. The number of para-hydroxylation sites is 1. The van der Waals surface area contributed by atoms with Gasteiger partial charge < -0.3 is 9.13 Å². The van der Waals surface area contributed by atoms with Crippen LogP contribution in [-0.2, 0) is 13.1 Å². The van der Waals surface area contributed by atoms with Crippen molar-refractivity contribution in [2.24, 2.45) is 0 Å². The second-order valence-corrected chi connectivity index (χ2v) is 4.93. The summed E-state index contributed by atoms with van der Waals surface area (Å²) in [6.07, 6.45) is 7.68. The summed E-state index contributed by atoms with van der Waals surface area (Å²) in [4.78, 5) is 15.4. The predicted molar refractivity (Wildman–Crippen MR) is 78.9 cm³/mol. The van der Waals surface area contributed by atoms with Gasteiger partial charge in [-0.05, 0) is 12.5 Å². The van der Waals surface area contributed by atoms with Crippen LogP contribution in [-0.4, -0.2) is 20.4 Å². The molecule has 0 aliphatic rings. The normalized spacial score (nSPS) is 11.1. The molecule has 20 heavy (non-hydrogen) atoms. The van der Waals surface area contributed by atoms with Crippen molar-refractivity contribution < 1.29 is 4.79 Å². The Morgan fingerprint density at radius 3 is 2.90 bits per heavy atom. The highest BCUT2D eigenvalue weighted by Crippen LogP contribution is 2.21. The number of carbonyl (C=O) groups excluding carboxylic acids is 1. The molecule has 3 rings (SSSR count). The Morgan fingerprint density at radius 2 is 2.10 bits per heavy atom. The molecular formula is C16H17N3O. The molecule has 4 nitrogen and oxygen atoms in total. The molecule has 0 amide bonds. The smallest absolute Gasteiger partial charge is 0.152 e. The lowest BCUT2D eigenvalue weighted by molar-refractivity contribution is 0.112. The molecule has 0 atom stereocenters. The number of benzene rings is 1. The van der Waals surface area contributed by atoms with Gasteiger partial charge in [-0.15, -0.1) is 0 Å². The fraction of sp³-hybridized carbons (Fsp3) is 0.250. The second kappa shape index (κ2) is 5.33. The first-order valence-corrected chi connectivity index (χ1v) is 6.85. The summed E-state index contributed by atoms with van der Waals surface area (Å²) in [5.41, 5.74) is 2.98. The second-order valence-electron chi connectivity index (χ2n) is 4.93. The van der Waals surface area contributed by atoms with Crippen molar-refractivity contribution in [1.29, 1.82) is 0 Å². The molecule has 102 valence electrons. The molecule has 2 aromatic heterocycles. The third-order valence-electron chi connectivity index (χ3n) is 3.54. The topological polar surface area (TPSA) is 39.8 Å². The summed E-state index contributed by atoms with van der Waals surface area (Å²) in [6, 6.07) is 7.99. The molecule has 2 heterocycles. The van der Waals surface area contributed by atoms with Gasteiger partial charge >= 0.3 is 0 Å². The van der Waals surface area contributed by atoms with Gasteiger partial charge in [-0.2, -0.15) is 0 Å². The van der Waals surface area contributed by atoms with Crippen molar-refractivity contribution in [3.63, 3.8) is 0 Å². The number of aldehydes is 1. The molecule has 0 spiro atoms. The molecule has 0 bridgehead atoms. The van der Waals surface area contributed by atoms with Crippen molar-refractivity contribution in [3.05, 3.63) is 54.2 Å². The van der Waals surface area contributed by atoms with E-state index >= 15 is 0 Å². The number of fused-ring (bicyclic) bond motifs is 1. The first-order chi connectivity index (χ1) is 9.83. The molecule has 3 aromatic rings. The van der Waals surface area contributed by atoms with E-state index in [1.165, 1.54) is 0 Å². The van der Waals surface area contributed by atoms with Crippen LogP contribution in [0.15, 0.2) is 43.0 Å². The van der Waals surface area contributed by atoms with Crippen molar-refractivity contribution in [2.75, 3.05) is 0 Å². The van der Waals surface area contributed by atoms with Gasteiger partial charge in [-0.1, -0.05) is 25.1 Å². The Bertz CT molecular complexity index is 739. The lowest BCUT2D eigenvalue weighted by Gasteiger charge is -2.08. The molecule has 0 fully saturated rings. The van der Waals surface area contributed by atoms with Gasteiger partial charge in [0.25, 0.3) is 0 Å². The minimum Gasteiger partial charge on any atom is -0.341 e. The zero-order valence-electron chi connectivity index (χ0n) is 11.5. The maximum Gasteiger partial charge on any atom is 0.152 e. The Kier molecular flexibility index (Phi) is 3.37. The molecule has 0 unspecified atom stereocenters. The van der Waals surface area contributed by atoms with Crippen LogP contribution in [0.2, 0.25) is 0 Å². The molecule has 1 aromatic carbocycles. The largest absolute Gasteiger partial charge is 0.341 e. The summed E-state index contributed by atoms with van der Waals surface area (Å²) in [5, 5.41) is 1.00. The molecule has 0 N–H and O–H groups in total. The van der Waals surface area contributed by atoms with E-state index in [-0.39, 0.29) is 0 Å². The Labute approximate surface area is 117 Å². The van der Waals surface area contributed by atoms with Crippen LogP contribution < -0.4 is 0 Å². The van der Waals surface area contributed by atoms with Crippen LogP contribution in [0.5, 0.6) is 0 Å². The third-order valence-corrected chi connectivity index (χ3v) is 3.54. The lowest BCUT2D eigenvalue weighted by atomic mass is 10.2. The molecule has 0 saturated heterocycles. The molecule has 0 saturated carbocycles. The summed E-state index contributed by atoms with van der Waals surface area (Å²) in [5.74, 6) is 0. The van der Waals surface area contributed by atoms with Gasteiger partial charge in [-0.3, -0.25) is 4.79 Å². The summed E-state index contributed by atoms with van der Waals surface area (Å²) in [7, 11) is 0. The van der Waals surface area contributed by atoms with E-state index in [0.717, 1.165) is 48.0 Å². The summed E-state index contributed by atoms with van der Waals surface area (Å²) < 4.78 is 4.28. The maximum absolute atomic E-state index is 11.2. The average molecular weight is 267 g/mol. The average Bonchev–Trinajstić information content (AvgIpc) is 3.05. The fourth-order valence-electron chi connectivity index (χ4n) is 2.60. The molecule has 0 aliphatic carbocycles. The van der Waals surface area contributed by atoms with Crippen molar-refractivity contribution >= 4 is 17.2 Å². The SMILES string of the molecule is CCCn1cncc1Cn1cc(C=O)c2ccccc21. The van der Waals surface area contributed by atoms with Crippen molar-refractivity contribution in [3.8, 4) is 0 Å². The Hall–Kier alpha value is -2.36. The molecule has 4 heteroatoms. The van der Waals surface area contributed by atoms with Crippen LogP contribution in [0, 0.1) is 0 Å². The number of hydrogen-bond donors (Lipinski definition) is 0. The van der Waals surface area contributed by atoms with Crippen molar-refractivity contribution in [1.82, 2.24) is 14.1 Å². The number of carbonyl (C=O) groups is 1. The highest BCUT2D eigenvalue weighted by atomic mass is 16.1. The van der Waals surface area contributed by atoms with Gasteiger partial charge in [0.2, 0.25) is 0 Å². The van der Waals surface area contributed by atoms with Crippen LogP contribution in [0.25, 0.3) is 10.9 Å². The number of rotatable bonds is 5. The van der Waals surface area contributed by atoms with Crippen molar-refractivity contribution in [2.45, 2.75) is 26.4 Å². The Balaban J connectivity index is 2.02. The fourth-order valence-corrected chi connectivity index (χ4v) is 2.60. The van der Waals surface area contributed by atoms with Crippen LogP contribution >= 0.6 is 0 Å². The van der Waals surface area contributed by atoms with Gasteiger partial charge in [0, 0.05) is 35.4 Å². The number of aromatic nitrogens is 3. The van der Waals surface area contributed by atoms with E-state index in [9.17, 15) is 4.79 Å². The van der Waals surface area contributed by atoms with E-state index in [1.807, 2.05) is 43.0 Å². The zero-order chi connectivity index (χ0) is 13.9. The summed E-state index contributed by atoms with van der Waals surface area (Å²) in [6.45, 7) is 3.85. The molecule has 0 aliphatic heterocycles. The number of aryl methyl sites for hydroxylation is 1. The number of imidazole rings is 1. The highest BCUT2D eigenvalue weighted by molar-refractivity contribution is 5.97. The monoisotopic (exact) mass is 267 g/mol. The van der Waals surface area contributed by atoms with Crippen LogP contribution in [0.3, 0.4) is 0 Å². The van der Waals surface area contributed by atoms with Crippen LogP contribution in [0.1, 0.15) is 29.4 Å². The summed E-state index contributed by atoms with van der Waals surface area (Å²) >= 11 is 0. The van der Waals surface area contributed by atoms with E-state index in [2.05, 4.69) is 21.0 Å². The van der Waals surface area contributed by atoms with E-state index < -0.39 is 0 Å². The number of nitrogens with zero attached hydrogens (tertiary/aromatic N) is 3. The lowest BCUT2D eigenvalue weighted by Crippen LogP contribution is -2.06. The molecule has 0 radical (unpaired) electrons. The van der Waals surface area contributed by atoms with Gasteiger partial charge in [0.05, 0.1) is 18.6 Å². The van der Waals surface area contributed by atoms with E-state index in [0.29, 0.717) is 0 Å². The first kappa shape index (κ1) is 12.7. The maximum atomic E-state index is 11.2. The third kappa shape index (κ3) is 2.13. The van der Waals surface area contributed by atoms with Gasteiger partial charge in [0.15, 0.2) is 6.29 Å². The van der Waals surface area contributed by atoms with E-state index in [1.54, 1.807) is 0 Å². The minimum atomic E-state index is 0.731. The van der Waals surface area contributed by atoms with E-state index in [4.69, 9.17) is 0 Å². The Morgan fingerprint density at radius 1 is 1.25 bits per heavy atom. The highest BCUT2D eigenvalue weighted by Gasteiger charge is 2.09. The molecular weight excluding hydrogens is 250 g/mol. The van der Waals surface area contributed by atoms with Gasteiger partial charge in [-0.25, -0.2) is 4.98 Å². The van der Waals surface area contributed by atoms with Crippen LogP contribution in [0.4, 0.5) is 0 Å².